The van der Waals surface area contributed by atoms with Crippen LogP contribution in [0, 0.1) is 0 Å². The van der Waals surface area contributed by atoms with Gasteiger partial charge in [-0.15, -0.1) is 11.8 Å². The predicted molar refractivity (Wildman–Crippen MR) is 165 cm³/mol. The highest BCUT2D eigenvalue weighted by molar-refractivity contribution is 7.98. The molecule has 0 bridgehead atoms. The monoisotopic (exact) mass is 575 g/mol. The van der Waals surface area contributed by atoms with E-state index in [2.05, 4.69) is 40.5 Å². The van der Waals surface area contributed by atoms with E-state index in [-0.39, 0.29) is 18.2 Å². The van der Waals surface area contributed by atoms with Gasteiger partial charge in [0.05, 0.1) is 6.04 Å². The summed E-state index contributed by atoms with van der Waals surface area (Å²) in [5.41, 5.74) is 4.37. The van der Waals surface area contributed by atoms with Crippen molar-refractivity contribution in [1.29, 1.82) is 0 Å². The number of rotatable bonds is 12. The van der Waals surface area contributed by atoms with Crippen molar-refractivity contribution in [3.63, 3.8) is 0 Å². The van der Waals surface area contributed by atoms with Crippen molar-refractivity contribution in [2.24, 2.45) is 0 Å². The first-order chi connectivity index (χ1) is 20.1. The van der Waals surface area contributed by atoms with Gasteiger partial charge in [-0.1, -0.05) is 68.9 Å². The zero-order valence-electron chi connectivity index (χ0n) is 24.5. The summed E-state index contributed by atoms with van der Waals surface area (Å²) in [5, 5.41) is 2.59. The van der Waals surface area contributed by atoms with Crippen molar-refractivity contribution in [3.8, 4) is 0 Å². The fraction of sp³-hybridized carbons (Fsp3) is 0.559. The molecule has 0 spiro atoms. The quantitative estimate of drug-likeness (QED) is 0.231. The maximum Gasteiger partial charge on any atom is 0.255 e. The van der Waals surface area contributed by atoms with Crippen LogP contribution in [0.3, 0.4) is 0 Å². The average Bonchev–Trinajstić information content (AvgIpc) is 3.36. The first-order valence-corrected chi connectivity index (χ1v) is 16.6. The SMILES string of the molecule is CNC(=O)CCC(C=O)N1Cc2c(SCc3cccc(CN(C4CCCCC4)C4CCCCC4)c3)cccc2C1=O. The number of fused-ring (bicyclic) bond motifs is 1. The number of thioether (sulfide) groups is 1. The predicted octanol–water partition coefficient (Wildman–Crippen LogP) is 6.50. The largest absolute Gasteiger partial charge is 0.359 e. The van der Waals surface area contributed by atoms with Crippen LogP contribution in [0.1, 0.15) is 104 Å². The lowest BCUT2D eigenvalue weighted by Gasteiger charge is -2.42. The standard InChI is InChI=1S/C34H45N3O3S/c1-35-33(39)19-18-29(23-38)37-22-31-30(34(37)40)16-9-17-32(31)41-24-26-11-8-10-25(20-26)21-36(27-12-4-2-5-13-27)28-14-6-3-7-15-28/h8-11,16-17,20,23,27-29H,2-7,12-15,18-19,21-22,24H2,1H3,(H,35,39). The second kappa shape index (κ2) is 14.5. The Morgan fingerprint density at radius 2 is 1.66 bits per heavy atom. The van der Waals surface area contributed by atoms with Gasteiger partial charge in [-0.05, 0) is 60.9 Å². The van der Waals surface area contributed by atoms with Gasteiger partial charge in [-0.3, -0.25) is 14.5 Å². The summed E-state index contributed by atoms with van der Waals surface area (Å²) in [5.74, 6) is 0.586. The molecule has 2 aromatic rings. The number of nitrogens with one attached hydrogen (secondary N) is 1. The van der Waals surface area contributed by atoms with Crippen LogP contribution in [0.5, 0.6) is 0 Å². The van der Waals surface area contributed by atoms with Crippen molar-refractivity contribution in [1.82, 2.24) is 15.1 Å². The third-order valence-corrected chi connectivity index (χ3v) is 10.5. The lowest BCUT2D eigenvalue weighted by molar-refractivity contribution is -0.121. The van der Waals surface area contributed by atoms with E-state index in [1.807, 2.05) is 12.1 Å². The molecule has 220 valence electrons. The minimum Gasteiger partial charge on any atom is -0.359 e. The van der Waals surface area contributed by atoms with E-state index in [1.54, 1.807) is 23.7 Å². The van der Waals surface area contributed by atoms with Gasteiger partial charge in [0.1, 0.15) is 6.29 Å². The summed E-state index contributed by atoms with van der Waals surface area (Å²) >= 11 is 1.76. The average molecular weight is 576 g/mol. The summed E-state index contributed by atoms with van der Waals surface area (Å²) in [4.78, 5) is 42.4. The van der Waals surface area contributed by atoms with Crippen LogP contribution >= 0.6 is 11.8 Å². The minimum atomic E-state index is -0.599. The fourth-order valence-corrected chi connectivity index (χ4v) is 8.03. The van der Waals surface area contributed by atoms with Gasteiger partial charge in [-0.25, -0.2) is 0 Å². The molecular weight excluding hydrogens is 530 g/mol. The summed E-state index contributed by atoms with van der Waals surface area (Å²) in [6.07, 6.45) is 15.0. The van der Waals surface area contributed by atoms with E-state index in [4.69, 9.17) is 0 Å². The Morgan fingerprint density at radius 3 is 2.32 bits per heavy atom. The molecule has 6 nitrogen and oxygen atoms in total. The molecule has 1 aliphatic heterocycles. The number of nitrogens with zero attached hydrogens (tertiary/aromatic N) is 2. The summed E-state index contributed by atoms with van der Waals surface area (Å²) < 4.78 is 0. The first-order valence-electron chi connectivity index (χ1n) is 15.6. The van der Waals surface area contributed by atoms with E-state index in [0.29, 0.717) is 18.5 Å². The Morgan fingerprint density at radius 1 is 1.00 bits per heavy atom. The summed E-state index contributed by atoms with van der Waals surface area (Å²) in [6, 6.07) is 15.8. The molecule has 2 amide bonds. The molecule has 2 aliphatic carbocycles. The van der Waals surface area contributed by atoms with E-state index in [1.165, 1.54) is 75.3 Å². The molecule has 1 heterocycles. The van der Waals surface area contributed by atoms with Crippen LogP contribution in [-0.2, 0) is 28.4 Å². The Hall–Kier alpha value is -2.64. The molecule has 1 atom stereocenters. The number of hydrogen-bond donors (Lipinski definition) is 1. The van der Waals surface area contributed by atoms with Gasteiger partial charge in [0.2, 0.25) is 5.91 Å². The normalized spacial score (nSPS) is 18.9. The Balaban J connectivity index is 1.25. The third kappa shape index (κ3) is 7.42. The molecule has 2 saturated carbocycles. The maximum absolute atomic E-state index is 13.2. The maximum atomic E-state index is 13.2. The molecule has 1 unspecified atom stereocenters. The molecule has 3 aliphatic rings. The smallest absolute Gasteiger partial charge is 0.255 e. The lowest BCUT2D eigenvalue weighted by Crippen LogP contribution is -2.44. The number of aldehydes is 1. The van der Waals surface area contributed by atoms with Gasteiger partial charge in [0.15, 0.2) is 0 Å². The molecule has 7 heteroatoms. The van der Waals surface area contributed by atoms with Crippen LogP contribution in [0.4, 0.5) is 0 Å². The zero-order chi connectivity index (χ0) is 28.6. The number of amides is 2. The van der Waals surface area contributed by atoms with Crippen LogP contribution in [0.15, 0.2) is 47.4 Å². The van der Waals surface area contributed by atoms with Crippen molar-refractivity contribution < 1.29 is 14.4 Å². The first kappa shape index (κ1) is 29.8. The van der Waals surface area contributed by atoms with Gasteiger partial charge in [0.25, 0.3) is 5.91 Å². The lowest BCUT2D eigenvalue weighted by atomic mass is 9.88. The molecular formula is C34H45N3O3S. The summed E-state index contributed by atoms with van der Waals surface area (Å²) in [6.45, 7) is 1.45. The van der Waals surface area contributed by atoms with Crippen LogP contribution in [-0.4, -0.2) is 53.1 Å². The Kier molecular flexibility index (Phi) is 10.6. The second-order valence-corrected chi connectivity index (χ2v) is 13.0. The van der Waals surface area contributed by atoms with Crippen molar-refractivity contribution in [3.05, 3.63) is 64.7 Å². The van der Waals surface area contributed by atoms with Gasteiger partial charge in [-0.2, -0.15) is 0 Å². The van der Waals surface area contributed by atoms with E-state index in [9.17, 15) is 14.4 Å². The number of benzene rings is 2. The highest BCUT2D eigenvalue weighted by Gasteiger charge is 2.34. The molecule has 1 N–H and O–H groups in total. The number of carbonyl (C=O) groups is 3. The Labute approximate surface area is 249 Å². The van der Waals surface area contributed by atoms with Crippen LogP contribution in [0.2, 0.25) is 0 Å². The van der Waals surface area contributed by atoms with Gasteiger partial charge >= 0.3 is 0 Å². The van der Waals surface area contributed by atoms with Crippen molar-refractivity contribution >= 4 is 29.9 Å². The minimum absolute atomic E-state index is 0.121. The molecule has 5 rings (SSSR count). The highest BCUT2D eigenvalue weighted by Crippen LogP contribution is 2.36. The molecule has 41 heavy (non-hydrogen) atoms. The van der Waals surface area contributed by atoms with Crippen LogP contribution < -0.4 is 5.32 Å². The van der Waals surface area contributed by atoms with Crippen molar-refractivity contribution in [2.75, 3.05) is 7.05 Å². The molecule has 0 aromatic heterocycles. The Bertz CT molecular complexity index is 1190. The van der Waals surface area contributed by atoms with E-state index < -0.39 is 6.04 Å². The molecule has 0 radical (unpaired) electrons. The topological polar surface area (TPSA) is 69.7 Å². The fourth-order valence-electron chi connectivity index (χ4n) is 7.00. The van der Waals surface area contributed by atoms with Gasteiger partial charge in [0, 0.05) is 54.9 Å². The van der Waals surface area contributed by atoms with Crippen LogP contribution in [0.25, 0.3) is 0 Å². The second-order valence-electron chi connectivity index (χ2n) is 12.0. The molecule has 2 aromatic carbocycles. The molecule has 2 fully saturated rings. The van der Waals surface area contributed by atoms with Crippen molar-refractivity contribution in [2.45, 2.75) is 119 Å². The highest BCUT2D eigenvalue weighted by atomic mass is 32.2. The molecule has 0 saturated heterocycles. The number of carbonyl (C=O) groups excluding carboxylic acids is 3. The summed E-state index contributed by atoms with van der Waals surface area (Å²) in [7, 11) is 1.58. The third-order valence-electron chi connectivity index (χ3n) is 9.29. The van der Waals surface area contributed by atoms with Gasteiger partial charge < -0.3 is 15.0 Å². The number of hydrogen-bond acceptors (Lipinski definition) is 5. The van der Waals surface area contributed by atoms with E-state index in [0.717, 1.165) is 41.1 Å². The zero-order valence-corrected chi connectivity index (χ0v) is 25.3. The van der Waals surface area contributed by atoms with E-state index >= 15 is 0 Å².